The highest BCUT2D eigenvalue weighted by Gasteiger charge is 2.17. The molecule has 4 nitrogen and oxygen atoms in total. The molecule has 0 atom stereocenters. The minimum absolute atomic E-state index is 0.0553. The molecule has 0 unspecified atom stereocenters. The second kappa shape index (κ2) is 4.79. The number of hydrogen-bond donors (Lipinski definition) is 2. The number of nitrogens with zero attached hydrogens (tertiary/aromatic N) is 1. The predicted octanol–water partition coefficient (Wildman–Crippen LogP) is 2.38. The van der Waals surface area contributed by atoms with Crippen molar-refractivity contribution in [2.45, 2.75) is 26.2 Å². The van der Waals surface area contributed by atoms with Crippen molar-refractivity contribution in [2.24, 2.45) is 5.16 Å². The Kier molecular flexibility index (Phi) is 3.66. The van der Waals surface area contributed by atoms with Crippen LogP contribution < -0.4 is 5.32 Å². The van der Waals surface area contributed by atoms with E-state index in [9.17, 15) is 4.79 Å². The Morgan fingerprint density at radius 1 is 1.38 bits per heavy atom. The Hall–Kier alpha value is -1.84. The van der Waals surface area contributed by atoms with Gasteiger partial charge in [0.2, 0.25) is 0 Å². The lowest BCUT2D eigenvalue weighted by Gasteiger charge is -2.22. The lowest BCUT2D eigenvalue weighted by Crippen LogP contribution is -2.19. The van der Waals surface area contributed by atoms with Crippen molar-refractivity contribution >= 4 is 17.8 Å². The van der Waals surface area contributed by atoms with Crippen LogP contribution in [0.1, 0.15) is 26.3 Å². The lowest BCUT2D eigenvalue weighted by atomic mass is 9.86. The molecule has 0 spiro atoms. The highest BCUT2D eigenvalue weighted by molar-refractivity contribution is 6.31. The minimum Gasteiger partial charge on any atom is -0.411 e. The fraction of sp³-hybridized carbons (Fsp3) is 0.333. The molecule has 86 valence electrons. The number of benzene rings is 1. The van der Waals surface area contributed by atoms with Gasteiger partial charge in [-0.15, -0.1) is 0 Å². The Morgan fingerprint density at radius 3 is 2.56 bits per heavy atom. The van der Waals surface area contributed by atoms with Gasteiger partial charge in [-0.1, -0.05) is 44.1 Å². The van der Waals surface area contributed by atoms with Crippen molar-refractivity contribution in [3.05, 3.63) is 29.8 Å². The van der Waals surface area contributed by atoms with Gasteiger partial charge in [0.15, 0.2) is 0 Å². The summed E-state index contributed by atoms with van der Waals surface area (Å²) in [6, 6.07) is 7.56. The van der Waals surface area contributed by atoms with Crippen molar-refractivity contribution in [2.75, 3.05) is 5.32 Å². The molecular weight excluding hydrogens is 204 g/mol. The lowest BCUT2D eigenvalue weighted by molar-refractivity contribution is -0.110. The highest BCUT2D eigenvalue weighted by Crippen LogP contribution is 2.28. The van der Waals surface area contributed by atoms with E-state index in [4.69, 9.17) is 5.21 Å². The Balaban J connectivity index is 3.01. The van der Waals surface area contributed by atoms with Crippen molar-refractivity contribution < 1.29 is 10.0 Å². The molecule has 1 amide bonds. The smallest absolute Gasteiger partial charge is 0.270 e. The van der Waals surface area contributed by atoms with Crippen molar-refractivity contribution in [1.29, 1.82) is 0 Å². The van der Waals surface area contributed by atoms with Gasteiger partial charge in [-0.05, 0) is 17.0 Å². The minimum atomic E-state index is -0.445. The third-order valence-electron chi connectivity index (χ3n) is 2.17. The quantitative estimate of drug-likeness (QED) is 0.456. The average Bonchev–Trinajstić information content (AvgIpc) is 2.17. The maximum absolute atomic E-state index is 11.3. The standard InChI is InChI=1S/C12H16N2O2/c1-12(2,3)9-6-4-5-7-10(9)14-11(15)8-13-16/h4-8,16H,1-3H3,(H,14,15). The summed E-state index contributed by atoms with van der Waals surface area (Å²) in [6.45, 7) is 6.20. The molecule has 0 saturated carbocycles. The fourth-order valence-corrected chi connectivity index (χ4v) is 1.46. The number of anilines is 1. The summed E-state index contributed by atoms with van der Waals surface area (Å²) in [5.74, 6) is -0.445. The summed E-state index contributed by atoms with van der Waals surface area (Å²) in [7, 11) is 0. The molecule has 1 rings (SSSR count). The van der Waals surface area contributed by atoms with E-state index in [0.29, 0.717) is 0 Å². The zero-order valence-corrected chi connectivity index (χ0v) is 9.69. The Bertz CT molecular complexity index is 406. The molecule has 0 saturated heterocycles. The van der Waals surface area contributed by atoms with Crippen molar-refractivity contribution in [3.63, 3.8) is 0 Å². The van der Waals surface area contributed by atoms with Gasteiger partial charge in [-0.3, -0.25) is 4.79 Å². The molecule has 0 aromatic heterocycles. The van der Waals surface area contributed by atoms with Gasteiger partial charge >= 0.3 is 0 Å². The number of carbonyl (C=O) groups excluding carboxylic acids is 1. The molecule has 0 aliphatic rings. The third-order valence-corrected chi connectivity index (χ3v) is 2.17. The van der Waals surface area contributed by atoms with Crippen LogP contribution in [0, 0.1) is 0 Å². The van der Waals surface area contributed by atoms with Crippen LogP contribution in [0.4, 0.5) is 5.69 Å². The van der Waals surface area contributed by atoms with Gasteiger partial charge in [0.1, 0.15) is 6.21 Å². The van der Waals surface area contributed by atoms with E-state index >= 15 is 0 Å². The van der Waals surface area contributed by atoms with E-state index in [1.54, 1.807) is 0 Å². The van der Waals surface area contributed by atoms with Crippen LogP contribution in [0.25, 0.3) is 0 Å². The first-order chi connectivity index (χ1) is 7.45. The second-order valence-electron chi connectivity index (χ2n) is 4.53. The van der Waals surface area contributed by atoms with Crippen molar-refractivity contribution in [3.8, 4) is 0 Å². The Labute approximate surface area is 95.0 Å². The highest BCUT2D eigenvalue weighted by atomic mass is 16.4. The molecule has 0 radical (unpaired) electrons. The van der Waals surface area contributed by atoms with E-state index in [-0.39, 0.29) is 5.41 Å². The molecule has 1 aromatic carbocycles. The van der Waals surface area contributed by atoms with Crippen LogP contribution in [-0.4, -0.2) is 17.3 Å². The summed E-state index contributed by atoms with van der Waals surface area (Å²) in [6.07, 6.45) is 0.833. The first-order valence-corrected chi connectivity index (χ1v) is 5.03. The second-order valence-corrected chi connectivity index (χ2v) is 4.53. The summed E-state index contributed by atoms with van der Waals surface area (Å²) < 4.78 is 0. The number of oxime groups is 1. The molecule has 4 heteroatoms. The van der Waals surface area contributed by atoms with Gasteiger partial charge in [0.25, 0.3) is 5.91 Å². The number of nitrogens with one attached hydrogen (secondary N) is 1. The largest absolute Gasteiger partial charge is 0.411 e. The fourth-order valence-electron chi connectivity index (χ4n) is 1.46. The maximum atomic E-state index is 11.3. The molecular formula is C12H16N2O2. The average molecular weight is 220 g/mol. The van der Waals surface area contributed by atoms with E-state index in [1.807, 2.05) is 24.3 Å². The van der Waals surface area contributed by atoms with Crippen LogP contribution in [0.3, 0.4) is 0 Å². The van der Waals surface area contributed by atoms with E-state index in [1.165, 1.54) is 0 Å². The van der Waals surface area contributed by atoms with Gasteiger partial charge in [-0.2, -0.15) is 0 Å². The van der Waals surface area contributed by atoms with Gasteiger partial charge in [0, 0.05) is 5.69 Å². The number of carbonyl (C=O) groups is 1. The molecule has 0 heterocycles. The number of hydrogen-bond acceptors (Lipinski definition) is 3. The zero-order chi connectivity index (χ0) is 12.2. The molecule has 0 aliphatic heterocycles. The summed E-state index contributed by atoms with van der Waals surface area (Å²) >= 11 is 0. The monoisotopic (exact) mass is 220 g/mol. The van der Waals surface area contributed by atoms with Gasteiger partial charge in [0.05, 0.1) is 0 Å². The summed E-state index contributed by atoms with van der Waals surface area (Å²) in [5.41, 5.74) is 1.72. The molecule has 0 aliphatic carbocycles. The first kappa shape index (κ1) is 12.2. The molecule has 0 bridgehead atoms. The van der Waals surface area contributed by atoms with E-state index in [0.717, 1.165) is 17.5 Å². The van der Waals surface area contributed by atoms with Crippen LogP contribution >= 0.6 is 0 Å². The molecule has 2 N–H and O–H groups in total. The van der Waals surface area contributed by atoms with E-state index < -0.39 is 5.91 Å². The maximum Gasteiger partial charge on any atom is 0.270 e. The van der Waals surface area contributed by atoms with Crippen LogP contribution in [0.5, 0.6) is 0 Å². The zero-order valence-electron chi connectivity index (χ0n) is 9.69. The third kappa shape index (κ3) is 3.08. The van der Waals surface area contributed by atoms with Crippen LogP contribution in [-0.2, 0) is 10.2 Å². The Morgan fingerprint density at radius 2 is 2.00 bits per heavy atom. The summed E-state index contributed by atoms with van der Waals surface area (Å²) in [5, 5.41) is 13.6. The molecule has 0 fully saturated rings. The van der Waals surface area contributed by atoms with Crippen molar-refractivity contribution in [1.82, 2.24) is 0 Å². The molecule has 1 aromatic rings. The summed E-state index contributed by atoms with van der Waals surface area (Å²) in [4.78, 5) is 11.3. The normalized spacial score (nSPS) is 11.7. The van der Waals surface area contributed by atoms with Crippen LogP contribution in [0.2, 0.25) is 0 Å². The predicted molar refractivity (Wildman–Crippen MR) is 64.1 cm³/mol. The van der Waals surface area contributed by atoms with E-state index in [2.05, 4.69) is 31.2 Å². The SMILES string of the molecule is CC(C)(C)c1ccccc1NC(=O)C=NO. The first-order valence-electron chi connectivity index (χ1n) is 5.03. The number of amides is 1. The number of para-hydroxylation sites is 1. The van der Waals surface area contributed by atoms with Gasteiger partial charge in [-0.25, -0.2) is 0 Å². The molecule has 16 heavy (non-hydrogen) atoms. The topological polar surface area (TPSA) is 61.7 Å². The number of rotatable bonds is 2. The van der Waals surface area contributed by atoms with Gasteiger partial charge < -0.3 is 10.5 Å². The van der Waals surface area contributed by atoms with Crippen LogP contribution in [0.15, 0.2) is 29.4 Å².